The number of aromatic hydroxyl groups is 1. The van der Waals surface area contributed by atoms with Gasteiger partial charge in [-0.2, -0.15) is 28.4 Å². The molecule has 2 aromatic heterocycles. The molecule has 2 heterocycles. The third-order valence-electron chi connectivity index (χ3n) is 5.39. The van der Waals surface area contributed by atoms with Crippen molar-refractivity contribution in [3.05, 3.63) is 64.4 Å². The highest BCUT2D eigenvalue weighted by atomic mass is 35.5. The summed E-state index contributed by atoms with van der Waals surface area (Å²) in [6.45, 7) is 3.34. The maximum absolute atomic E-state index is 12.0. The molecule has 39 heavy (non-hydrogen) atoms. The Hall–Kier alpha value is -4.24. The number of aromatic nitrogens is 5. The molecule has 5 rings (SSSR count). The molecule has 0 aliphatic carbocycles. The Labute approximate surface area is 230 Å². The first kappa shape index (κ1) is 26.4. The zero-order valence-electron chi connectivity index (χ0n) is 20.0. The summed E-state index contributed by atoms with van der Waals surface area (Å²) in [6, 6.07) is 10.8. The van der Waals surface area contributed by atoms with E-state index in [1.807, 2.05) is 0 Å². The minimum Gasteiger partial charge on any atom is -0.505 e. The van der Waals surface area contributed by atoms with E-state index in [9.17, 15) is 18.1 Å². The predicted molar refractivity (Wildman–Crippen MR) is 142 cm³/mol. The SMILES string of the molecule is Cc1noc(-c2ccccc2N=Nc2c(C)cc3cc(S(=O)(=O)O)cc(Nc4nc(Cl)nc(Cl)n4)c3c2O)n1. The van der Waals surface area contributed by atoms with Gasteiger partial charge in [-0.15, -0.1) is 10.2 Å². The molecule has 0 aliphatic heterocycles. The molecule has 0 atom stereocenters. The van der Waals surface area contributed by atoms with Crippen LogP contribution >= 0.6 is 23.2 Å². The van der Waals surface area contributed by atoms with Crippen LogP contribution in [0.25, 0.3) is 22.2 Å². The number of halogens is 2. The van der Waals surface area contributed by atoms with Crippen LogP contribution in [0.1, 0.15) is 11.4 Å². The molecule has 198 valence electrons. The summed E-state index contributed by atoms with van der Waals surface area (Å²) < 4.78 is 38.9. The molecule has 5 aromatic rings. The van der Waals surface area contributed by atoms with Crippen molar-refractivity contribution in [1.82, 2.24) is 25.1 Å². The Morgan fingerprint density at radius 2 is 1.69 bits per heavy atom. The van der Waals surface area contributed by atoms with Crippen LogP contribution in [0, 0.1) is 13.8 Å². The van der Waals surface area contributed by atoms with E-state index in [4.69, 9.17) is 27.7 Å². The number of phenolic OH excluding ortho intramolecular Hbond substituents is 1. The summed E-state index contributed by atoms with van der Waals surface area (Å²) in [5.41, 5.74) is 1.49. The normalized spacial score (nSPS) is 11.9. The lowest BCUT2D eigenvalue weighted by molar-refractivity contribution is 0.425. The van der Waals surface area contributed by atoms with Gasteiger partial charge in [-0.05, 0) is 78.3 Å². The van der Waals surface area contributed by atoms with Gasteiger partial charge in [0.1, 0.15) is 5.69 Å². The minimum atomic E-state index is -4.63. The van der Waals surface area contributed by atoms with Crippen molar-refractivity contribution >= 4 is 67.1 Å². The van der Waals surface area contributed by atoms with Crippen molar-refractivity contribution in [2.75, 3.05) is 5.32 Å². The van der Waals surface area contributed by atoms with E-state index in [2.05, 4.69) is 40.6 Å². The van der Waals surface area contributed by atoms with Crippen molar-refractivity contribution in [3.63, 3.8) is 0 Å². The van der Waals surface area contributed by atoms with Crippen LogP contribution in [0.5, 0.6) is 5.75 Å². The summed E-state index contributed by atoms with van der Waals surface area (Å²) in [7, 11) is -4.63. The van der Waals surface area contributed by atoms with Gasteiger partial charge in [0.05, 0.1) is 21.8 Å². The zero-order chi connectivity index (χ0) is 27.9. The van der Waals surface area contributed by atoms with Crippen LogP contribution < -0.4 is 5.32 Å². The Bertz CT molecular complexity index is 1880. The van der Waals surface area contributed by atoms with Gasteiger partial charge >= 0.3 is 0 Å². The van der Waals surface area contributed by atoms with Crippen LogP contribution in [0.2, 0.25) is 10.6 Å². The molecule has 0 radical (unpaired) electrons. The van der Waals surface area contributed by atoms with Gasteiger partial charge in [-0.1, -0.05) is 17.3 Å². The second-order valence-electron chi connectivity index (χ2n) is 8.12. The Morgan fingerprint density at radius 1 is 0.974 bits per heavy atom. The lowest BCUT2D eigenvalue weighted by Crippen LogP contribution is -2.03. The predicted octanol–water partition coefficient (Wildman–Crippen LogP) is 6.11. The molecule has 0 spiro atoms. The lowest BCUT2D eigenvalue weighted by Gasteiger charge is -2.14. The zero-order valence-corrected chi connectivity index (χ0v) is 22.3. The molecule has 0 amide bonds. The van der Waals surface area contributed by atoms with Crippen molar-refractivity contribution in [1.29, 1.82) is 0 Å². The van der Waals surface area contributed by atoms with Gasteiger partial charge in [0, 0.05) is 5.39 Å². The van der Waals surface area contributed by atoms with Crippen molar-refractivity contribution in [3.8, 4) is 17.2 Å². The lowest BCUT2D eigenvalue weighted by atomic mass is 10.0. The summed E-state index contributed by atoms with van der Waals surface area (Å²) in [5, 5.41) is 26.4. The van der Waals surface area contributed by atoms with E-state index in [0.717, 1.165) is 6.07 Å². The third kappa shape index (κ3) is 5.49. The van der Waals surface area contributed by atoms with Gasteiger partial charge in [-0.25, -0.2) is 0 Å². The molecular weight excluding hydrogens is 571 g/mol. The molecule has 16 heteroatoms. The van der Waals surface area contributed by atoms with Gasteiger partial charge < -0.3 is 14.9 Å². The quantitative estimate of drug-likeness (QED) is 0.153. The van der Waals surface area contributed by atoms with E-state index in [-0.39, 0.29) is 50.3 Å². The highest BCUT2D eigenvalue weighted by Crippen LogP contribution is 2.44. The largest absolute Gasteiger partial charge is 0.505 e. The van der Waals surface area contributed by atoms with Crippen molar-refractivity contribution in [2.45, 2.75) is 18.7 Å². The van der Waals surface area contributed by atoms with E-state index in [0.29, 0.717) is 22.6 Å². The second kappa shape index (κ2) is 10.1. The second-order valence-corrected chi connectivity index (χ2v) is 10.2. The van der Waals surface area contributed by atoms with Crippen LogP contribution in [0.3, 0.4) is 0 Å². The molecule has 0 saturated carbocycles. The first-order valence-corrected chi connectivity index (χ1v) is 13.1. The number of benzene rings is 3. The van der Waals surface area contributed by atoms with E-state index >= 15 is 0 Å². The number of nitrogens with zero attached hydrogens (tertiary/aromatic N) is 7. The van der Waals surface area contributed by atoms with Crippen LogP contribution in [0.15, 0.2) is 62.1 Å². The van der Waals surface area contributed by atoms with Gasteiger partial charge in [0.25, 0.3) is 16.0 Å². The Kier molecular flexibility index (Phi) is 6.86. The monoisotopic (exact) mass is 586 g/mol. The fraction of sp³-hybridized carbons (Fsp3) is 0.0870. The van der Waals surface area contributed by atoms with E-state index in [1.54, 1.807) is 44.2 Å². The van der Waals surface area contributed by atoms with Gasteiger partial charge in [0.2, 0.25) is 16.5 Å². The van der Waals surface area contributed by atoms with Crippen LogP contribution in [0.4, 0.5) is 23.0 Å². The summed E-state index contributed by atoms with van der Waals surface area (Å²) in [4.78, 5) is 15.3. The highest BCUT2D eigenvalue weighted by Gasteiger charge is 2.20. The van der Waals surface area contributed by atoms with Crippen LogP contribution in [-0.2, 0) is 10.1 Å². The molecule has 0 fully saturated rings. The molecule has 3 N–H and O–H groups in total. The number of anilines is 2. The fourth-order valence-electron chi connectivity index (χ4n) is 3.75. The molecule has 3 aromatic carbocycles. The molecule has 0 saturated heterocycles. The third-order valence-corrected chi connectivity index (χ3v) is 6.56. The maximum atomic E-state index is 12.0. The maximum Gasteiger partial charge on any atom is 0.294 e. The Balaban J connectivity index is 1.67. The molecule has 0 bridgehead atoms. The molecular formula is C23H16Cl2N8O5S. The molecule has 13 nitrogen and oxygen atoms in total. The number of phenols is 1. The van der Waals surface area contributed by atoms with Crippen molar-refractivity contribution in [2.24, 2.45) is 10.2 Å². The first-order valence-electron chi connectivity index (χ1n) is 10.9. The van der Waals surface area contributed by atoms with Crippen molar-refractivity contribution < 1.29 is 22.6 Å². The number of azo groups is 1. The number of rotatable bonds is 6. The van der Waals surface area contributed by atoms with E-state index < -0.39 is 15.0 Å². The highest BCUT2D eigenvalue weighted by molar-refractivity contribution is 7.85. The van der Waals surface area contributed by atoms with Gasteiger partial charge in [0.15, 0.2) is 11.6 Å². The molecule has 0 aliphatic rings. The first-order chi connectivity index (χ1) is 18.5. The summed E-state index contributed by atoms with van der Waals surface area (Å²) >= 11 is 11.7. The topological polar surface area (TPSA) is 189 Å². The number of hydrogen-bond acceptors (Lipinski definition) is 12. The smallest absolute Gasteiger partial charge is 0.294 e. The number of aryl methyl sites for hydroxylation is 2. The average molecular weight is 587 g/mol. The molecule has 0 unspecified atom stereocenters. The number of nitrogens with one attached hydrogen (secondary N) is 1. The fourth-order valence-corrected chi connectivity index (χ4v) is 4.66. The standard InChI is InChI=1S/C23H16Cl2N8O5S/c1-10-7-12-8-13(39(35,36)37)9-16(27-23-29-21(24)28-22(25)30-23)17(12)19(34)18(10)32-31-15-6-4-3-5-14(15)20-26-11(2)33-38-20/h3-9,34H,1-2H3,(H,35,36,37)(H,27,28,29,30). The number of hydrogen-bond donors (Lipinski definition) is 3. The van der Waals surface area contributed by atoms with Gasteiger partial charge in [-0.3, -0.25) is 4.55 Å². The number of fused-ring (bicyclic) bond motifs is 1. The minimum absolute atomic E-state index is 0.00847. The van der Waals surface area contributed by atoms with E-state index in [1.165, 1.54) is 6.07 Å². The summed E-state index contributed by atoms with van der Waals surface area (Å²) in [5.74, 6) is 0.224. The Morgan fingerprint density at radius 3 is 2.36 bits per heavy atom. The average Bonchev–Trinajstić information content (AvgIpc) is 3.28. The van der Waals surface area contributed by atoms with Crippen LogP contribution in [-0.4, -0.2) is 43.2 Å². The summed E-state index contributed by atoms with van der Waals surface area (Å²) in [6.07, 6.45) is 0.